The molecule has 0 radical (unpaired) electrons. The summed E-state index contributed by atoms with van der Waals surface area (Å²) in [6.07, 6.45) is 2.69. The predicted molar refractivity (Wildman–Crippen MR) is 118 cm³/mol. The van der Waals surface area contributed by atoms with E-state index in [0.717, 1.165) is 46.9 Å². The van der Waals surface area contributed by atoms with Crippen LogP contribution >= 0.6 is 11.3 Å². The van der Waals surface area contributed by atoms with Crippen LogP contribution in [-0.4, -0.2) is 41.3 Å². The van der Waals surface area contributed by atoms with Gasteiger partial charge in [0.25, 0.3) is 5.91 Å². The molecule has 0 aliphatic carbocycles. The van der Waals surface area contributed by atoms with E-state index in [-0.39, 0.29) is 17.7 Å². The van der Waals surface area contributed by atoms with Crippen molar-refractivity contribution in [2.24, 2.45) is 11.8 Å². The van der Waals surface area contributed by atoms with Gasteiger partial charge >= 0.3 is 0 Å². The first-order chi connectivity index (χ1) is 13.9. The highest BCUT2D eigenvalue weighted by molar-refractivity contribution is 7.17. The summed E-state index contributed by atoms with van der Waals surface area (Å²) >= 11 is 1.47. The number of hydrogen-bond donors (Lipinski definition) is 1. The Morgan fingerprint density at radius 3 is 2.48 bits per heavy atom. The summed E-state index contributed by atoms with van der Waals surface area (Å²) in [4.78, 5) is 32.6. The SMILES string of the molecule is CCCNC(=O)[C@H](C)C1CCN(C(=O)c2sc(-c3ccc(C)cc3)nc2C)CC1. The smallest absolute Gasteiger partial charge is 0.265 e. The van der Waals surface area contributed by atoms with Crippen molar-refractivity contribution in [3.63, 3.8) is 0 Å². The third-order valence-electron chi connectivity index (χ3n) is 5.79. The highest BCUT2D eigenvalue weighted by Gasteiger charge is 2.31. The van der Waals surface area contributed by atoms with Crippen LogP contribution in [0.3, 0.4) is 0 Å². The maximum atomic E-state index is 13.1. The van der Waals surface area contributed by atoms with Crippen molar-refractivity contribution in [3.8, 4) is 10.6 Å². The van der Waals surface area contributed by atoms with Gasteiger partial charge in [-0.3, -0.25) is 9.59 Å². The summed E-state index contributed by atoms with van der Waals surface area (Å²) < 4.78 is 0. The largest absolute Gasteiger partial charge is 0.356 e. The van der Waals surface area contributed by atoms with Crippen molar-refractivity contribution in [2.45, 2.75) is 47.0 Å². The molecule has 2 amide bonds. The minimum Gasteiger partial charge on any atom is -0.356 e. The average molecular weight is 414 g/mol. The number of carbonyl (C=O) groups is 2. The maximum absolute atomic E-state index is 13.1. The fourth-order valence-corrected chi connectivity index (χ4v) is 4.82. The van der Waals surface area contributed by atoms with Crippen molar-refractivity contribution in [2.75, 3.05) is 19.6 Å². The Morgan fingerprint density at radius 1 is 1.21 bits per heavy atom. The molecule has 0 unspecified atom stereocenters. The third kappa shape index (κ3) is 5.04. The summed E-state index contributed by atoms with van der Waals surface area (Å²) in [5.41, 5.74) is 3.05. The summed E-state index contributed by atoms with van der Waals surface area (Å²) in [5.74, 6) is 0.538. The van der Waals surface area contributed by atoms with E-state index in [0.29, 0.717) is 19.0 Å². The number of benzene rings is 1. The molecule has 1 saturated heterocycles. The molecular weight excluding hydrogens is 382 g/mol. The number of amides is 2. The Morgan fingerprint density at radius 2 is 1.86 bits per heavy atom. The summed E-state index contributed by atoms with van der Waals surface area (Å²) in [6.45, 7) is 10.2. The molecule has 156 valence electrons. The molecule has 1 N–H and O–H groups in total. The summed E-state index contributed by atoms with van der Waals surface area (Å²) in [6, 6.07) is 8.24. The Kier molecular flexibility index (Phi) is 7.06. The summed E-state index contributed by atoms with van der Waals surface area (Å²) in [7, 11) is 0. The van der Waals surface area contributed by atoms with Crippen molar-refractivity contribution >= 4 is 23.2 Å². The highest BCUT2D eigenvalue weighted by Crippen LogP contribution is 2.31. The first-order valence-corrected chi connectivity index (χ1v) is 11.3. The zero-order chi connectivity index (χ0) is 21.0. The summed E-state index contributed by atoms with van der Waals surface area (Å²) in [5, 5.41) is 3.88. The molecule has 5 nitrogen and oxygen atoms in total. The zero-order valence-electron chi connectivity index (χ0n) is 17.8. The number of nitrogens with zero attached hydrogens (tertiary/aromatic N) is 2. The Labute approximate surface area is 177 Å². The lowest BCUT2D eigenvalue weighted by molar-refractivity contribution is -0.126. The zero-order valence-corrected chi connectivity index (χ0v) is 18.6. The van der Waals surface area contributed by atoms with Gasteiger partial charge in [0, 0.05) is 31.1 Å². The topological polar surface area (TPSA) is 62.3 Å². The third-order valence-corrected chi connectivity index (χ3v) is 6.98. The van der Waals surface area contributed by atoms with Gasteiger partial charge in [0.2, 0.25) is 5.91 Å². The van der Waals surface area contributed by atoms with E-state index >= 15 is 0 Å². The minimum absolute atomic E-state index is 0.00270. The molecular formula is C23H31N3O2S. The van der Waals surface area contributed by atoms with Gasteiger partial charge in [-0.25, -0.2) is 4.98 Å². The van der Waals surface area contributed by atoms with Gasteiger partial charge in [0.15, 0.2) is 0 Å². The normalized spacial score (nSPS) is 15.9. The van der Waals surface area contributed by atoms with Gasteiger partial charge < -0.3 is 10.2 Å². The van der Waals surface area contributed by atoms with Crippen LogP contribution in [0.25, 0.3) is 10.6 Å². The molecule has 0 spiro atoms. The lowest BCUT2D eigenvalue weighted by Crippen LogP contribution is -2.42. The van der Waals surface area contributed by atoms with Crippen molar-refractivity contribution in [3.05, 3.63) is 40.4 Å². The molecule has 1 aromatic carbocycles. The van der Waals surface area contributed by atoms with E-state index in [1.54, 1.807) is 0 Å². The van der Waals surface area contributed by atoms with Gasteiger partial charge in [-0.05, 0) is 39.0 Å². The number of nitrogens with one attached hydrogen (secondary N) is 1. The molecule has 1 atom stereocenters. The monoisotopic (exact) mass is 413 g/mol. The van der Waals surface area contributed by atoms with Gasteiger partial charge in [-0.2, -0.15) is 0 Å². The van der Waals surface area contributed by atoms with Gasteiger partial charge in [-0.1, -0.05) is 43.7 Å². The molecule has 1 aliphatic heterocycles. The van der Waals surface area contributed by atoms with Crippen LogP contribution in [0.15, 0.2) is 24.3 Å². The van der Waals surface area contributed by atoms with Crippen molar-refractivity contribution < 1.29 is 9.59 Å². The maximum Gasteiger partial charge on any atom is 0.265 e. The molecule has 6 heteroatoms. The number of hydrogen-bond acceptors (Lipinski definition) is 4. The first kappa shape index (κ1) is 21.5. The number of piperidine rings is 1. The van der Waals surface area contributed by atoms with E-state index in [4.69, 9.17) is 0 Å². The molecule has 1 aliphatic rings. The molecule has 0 bridgehead atoms. The van der Waals surface area contributed by atoms with E-state index < -0.39 is 0 Å². The van der Waals surface area contributed by atoms with Crippen LogP contribution in [-0.2, 0) is 4.79 Å². The van der Waals surface area contributed by atoms with Crippen molar-refractivity contribution in [1.29, 1.82) is 0 Å². The fourth-order valence-electron chi connectivity index (χ4n) is 3.78. The number of carbonyl (C=O) groups excluding carboxylic acids is 2. The van der Waals surface area contributed by atoms with Crippen LogP contribution < -0.4 is 5.32 Å². The van der Waals surface area contributed by atoms with Gasteiger partial charge in [0.05, 0.1) is 5.69 Å². The number of likely N-dealkylation sites (tertiary alicyclic amines) is 1. The minimum atomic E-state index is -0.00270. The van der Waals surface area contributed by atoms with E-state index in [2.05, 4.69) is 48.4 Å². The highest BCUT2D eigenvalue weighted by atomic mass is 32.1. The van der Waals surface area contributed by atoms with Crippen LogP contribution in [0.4, 0.5) is 0 Å². The molecule has 2 aromatic rings. The number of thiazole rings is 1. The average Bonchev–Trinajstić information content (AvgIpc) is 3.13. The van der Waals surface area contributed by atoms with Crippen LogP contribution in [0.1, 0.15) is 54.0 Å². The molecule has 1 aromatic heterocycles. The quantitative estimate of drug-likeness (QED) is 0.761. The van der Waals surface area contributed by atoms with E-state index in [1.807, 2.05) is 18.7 Å². The van der Waals surface area contributed by atoms with E-state index in [1.165, 1.54) is 16.9 Å². The van der Waals surface area contributed by atoms with Gasteiger partial charge in [0.1, 0.15) is 9.88 Å². The van der Waals surface area contributed by atoms with Crippen molar-refractivity contribution in [1.82, 2.24) is 15.2 Å². The van der Waals surface area contributed by atoms with Gasteiger partial charge in [-0.15, -0.1) is 11.3 Å². The molecule has 2 heterocycles. The molecule has 29 heavy (non-hydrogen) atoms. The number of rotatable bonds is 6. The Hall–Kier alpha value is -2.21. The lowest BCUT2D eigenvalue weighted by Gasteiger charge is -2.34. The Balaban J connectivity index is 1.62. The first-order valence-electron chi connectivity index (χ1n) is 10.5. The van der Waals surface area contributed by atoms with Crippen LogP contribution in [0.2, 0.25) is 0 Å². The second kappa shape index (κ2) is 9.53. The second-order valence-corrected chi connectivity index (χ2v) is 9.01. The Bertz CT molecular complexity index is 852. The van der Waals surface area contributed by atoms with Crippen LogP contribution in [0.5, 0.6) is 0 Å². The lowest BCUT2D eigenvalue weighted by atomic mass is 9.85. The predicted octanol–water partition coefficient (Wildman–Crippen LogP) is 4.44. The number of aromatic nitrogens is 1. The fraction of sp³-hybridized carbons (Fsp3) is 0.522. The molecule has 1 fully saturated rings. The van der Waals surface area contributed by atoms with Crippen LogP contribution in [0, 0.1) is 25.7 Å². The molecule has 0 saturated carbocycles. The standard InChI is InChI=1S/C23H31N3O2S/c1-5-12-24-21(27)16(3)18-10-13-26(14-11-18)23(28)20-17(4)25-22(29-20)19-8-6-15(2)7-9-19/h6-9,16,18H,5,10-14H2,1-4H3,(H,24,27)/t16-/m1/s1. The molecule has 3 rings (SSSR count). The second-order valence-electron chi connectivity index (χ2n) is 8.01. The van der Waals surface area contributed by atoms with E-state index in [9.17, 15) is 9.59 Å². The number of aryl methyl sites for hydroxylation is 2.